The number of hydrogen-bond donors (Lipinski definition) is 0. The summed E-state index contributed by atoms with van der Waals surface area (Å²) in [5, 5.41) is 0. The zero-order valence-corrected chi connectivity index (χ0v) is 15.5. The number of hydrogen-bond acceptors (Lipinski definition) is 1. The van der Waals surface area contributed by atoms with Crippen molar-refractivity contribution < 1.29 is 4.79 Å². The van der Waals surface area contributed by atoms with E-state index in [-0.39, 0.29) is 17.9 Å². The number of aryl methyl sites for hydroxylation is 1. The lowest BCUT2D eigenvalue weighted by molar-refractivity contribution is -0.126. The van der Waals surface area contributed by atoms with E-state index in [1.165, 1.54) is 5.56 Å². The first-order valence-electron chi connectivity index (χ1n) is 8.35. The number of amides is 1. The molecule has 1 heterocycles. The van der Waals surface area contributed by atoms with Crippen LogP contribution in [-0.4, -0.2) is 5.91 Å². The maximum atomic E-state index is 13.0. The van der Waals surface area contributed by atoms with Crippen LogP contribution in [0.1, 0.15) is 28.7 Å². The van der Waals surface area contributed by atoms with Crippen LogP contribution < -0.4 is 4.90 Å². The van der Waals surface area contributed by atoms with E-state index in [1.807, 2.05) is 59.5 Å². The smallest absolute Gasteiger partial charge is 0.237 e. The Hall–Kier alpha value is -2.39. The summed E-state index contributed by atoms with van der Waals surface area (Å²) in [6, 6.07) is 26.5. The van der Waals surface area contributed by atoms with Crippen molar-refractivity contribution in [1.29, 1.82) is 0 Å². The Balaban J connectivity index is 1.77. The number of anilines is 1. The minimum absolute atomic E-state index is 0.0192. The van der Waals surface area contributed by atoms with E-state index in [0.29, 0.717) is 0 Å². The predicted molar refractivity (Wildman–Crippen MR) is 105 cm³/mol. The molecule has 0 N–H and O–H groups in total. The summed E-state index contributed by atoms with van der Waals surface area (Å²) in [4.78, 5) is 14.9. The summed E-state index contributed by atoms with van der Waals surface area (Å²) in [7, 11) is 0. The molecule has 124 valence electrons. The second-order valence-corrected chi connectivity index (χ2v) is 7.34. The molecular weight excluding hydrogens is 374 g/mol. The molecule has 1 saturated heterocycles. The minimum Gasteiger partial charge on any atom is -0.303 e. The van der Waals surface area contributed by atoms with Crippen LogP contribution in [0, 0.1) is 6.92 Å². The fourth-order valence-electron chi connectivity index (χ4n) is 3.47. The van der Waals surface area contributed by atoms with Gasteiger partial charge in [0.25, 0.3) is 0 Å². The third-order valence-electron chi connectivity index (χ3n) is 4.78. The van der Waals surface area contributed by atoms with Crippen LogP contribution in [-0.2, 0) is 4.79 Å². The Morgan fingerprint density at radius 1 is 0.800 bits per heavy atom. The second-order valence-electron chi connectivity index (χ2n) is 6.43. The van der Waals surface area contributed by atoms with Gasteiger partial charge in [0, 0.05) is 10.2 Å². The van der Waals surface area contributed by atoms with E-state index in [1.54, 1.807) is 0 Å². The standard InChI is InChI=1S/C22H18BrNO/c1-15-7-13-19(14-8-15)24-21(17-9-11-18(23)12-10-17)20(22(24)25)16-5-3-2-4-6-16/h2-14,20-21H,1H3. The molecule has 1 aliphatic heterocycles. The first-order valence-corrected chi connectivity index (χ1v) is 9.14. The van der Waals surface area contributed by atoms with Gasteiger partial charge in [-0.2, -0.15) is 0 Å². The van der Waals surface area contributed by atoms with Crippen LogP contribution in [0.25, 0.3) is 0 Å². The number of nitrogens with zero attached hydrogens (tertiary/aromatic N) is 1. The summed E-state index contributed by atoms with van der Waals surface area (Å²) in [6.07, 6.45) is 0. The molecule has 3 heteroatoms. The number of halogens is 1. The van der Waals surface area contributed by atoms with Crippen LogP contribution in [0.15, 0.2) is 83.3 Å². The highest BCUT2D eigenvalue weighted by Gasteiger charge is 2.49. The van der Waals surface area contributed by atoms with Crippen molar-refractivity contribution in [3.8, 4) is 0 Å². The molecule has 0 radical (unpaired) electrons. The maximum absolute atomic E-state index is 13.0. The minimum atomic E-state index is -0.135. The summed E-state index contributed by atoms with van der Waals surface area (Å²) < 4.78 is 1.04. The second kappa shape index (κ2) is 6.49. The van der Waals surface area contributed by atoms with E-state index in [4.69, 9.17) is 0 Å². The van der Waals surface area contributed by atoms with Gasteiger partial charge in [0.15, 0.2) is 0 Å². The highest BCUT2D eigenvalue weighted by molar-refractivity contribution is 9.10. The van der Waals surface area contributed by atoms with E-state index >= 15 is 0 Å². The molecule has 0 spiro atoms. The first kappa shape index (κ1) is 16.1. The van der Waals surface area contributed by atoms with Crippen molar-refractivity contribution in [1.82, 2.24) is 0 Å². The SMILES string of the molecule is Cc1ccc(N2C(=O)C(c3ccccc3)C2c2ccc(Br)cc2)cc1. The lowest BCUT2D eigenvalue weighted by Gasteiger charge is -2.47. The molecule has 0 saturated carbocycles. The third kappa shape index (κ3) is 2.89. The molecule has 4 rings (SSSR count). The Morgan fingerprint density at radius 2 is 1.44 bits per heavy atom. The molecule has 2 unspecified atom stereocenters. The zero-order chi connectivity index (χ0) is 17.4. The Morgan fingerprint density at radius 3 is 2.08 bits per heavy atom. The van der Waals surface area contributed by atoms with Crippen LogP contribution in [0.5, 0.6) is 0 Å². The van der Waals surface area contributed by atoms with E-state index in [2.05, 4.69) is 47.1 Å². The molecule has 0 aliphatic carbocycles. The number of benzene rings is 3. The average Bonchev–Trinajstić information content (AvgIpc) is 2.63. The largest absolute Gasteiger partial charge is 0.303 e. The lowest BCUT2D eigenvalue weighted by Crippen LogP contribution is -2.53. The van der Waals surface area contributed by atoms with Crippen molar-refractivity contribution in [3.63, 3.8) is 0 Å². The zero-order valence-electron chi connectivity index (χ0n) is 13.9. The molecule has 3 aromatic rings. The highest BCUT2D eigenvalue weighted by Crippen LogP contribution is 2.48. The molecule has 2 nitrogen and oxygen atoms in total. The van der Waals surface area contributed by atoms with Gasteiger partial charge >= 0.3 is 0 Å². The van der Waals surface area contributed by atoms with Crippen LogP contribution in [0.2, 0.25) is 0 Å². The van der Waals surface area contributed by atoms with Crippen molar-refractivity contribution in [3.05, 3.63) is 100 Å². The topological polar surface area (TPSA) is 20.3 Å². The van der Waals surface area contributed by atoms with Gasteiger partial charge in [0.2, 0.25) is 5.91 Å². The highest BCUT2D eigenvalue weighted by atomic mass is 79.9. The van der Waals surface area contributed by atoms with Gasteiger partial charge in [-0.15, -0.1) is 0 Å². The summed E-state index contributed by atoms with van der Waals surface area (Å²) in [5.74, 6) is 0.0200. The maximum Gasteiger partial charge on any atom is 0.237 e. The monoisotopic (exact) mass is 391 g/mol. The van der Waals surface area contributed by atoms with Gasteiger partial charge < -0.3 is 4.90 Å². The van der Waals surface area contributed by atoms with Gasteiger partial charge in [0.1, 0.15) is 0 Å². The number of carbonyl (C=O) groups excluding carboxylic acids is 1. The Kier molecular flexibility index (Phi) is 4.18. The van der Waals surface area contributed by atoms with Crippen LogP contribution in [0.3, 0.4) is 0 Å². The first-order chi connectivity index (χ1) is 12.1. The van der Waals surface area contributed by atoms with E-state index in [9.17, 15) is 4.79 Å². The molecule has 0 bridgehead atoms. The Labute approximate surface area is 156 Å². The van der Waals surface area contributed by atoms with E-state index < -0.39 is 0 Å². The van der Waals surface area contributed by atoms with Gasteiger partial charge in [-0.25, -0.2) is 0 Å². The fraction of sp³-hybridized carbons (Fsp3) is 0.136. The number of rotatable bonds is 3. The lowest BCUT2D eigenvalue weighted by atomic mass is 9.77. The van der Waals surface area contributed by atoms with Crippen molar-refractivity contribution in [2.75, 3.05) is 4.90 Å². The molecule has 1 fully saturated rings. The summed E-state index contributed by atoms with van der Waals surface area (Å²) >= 11 is 3.49. The number of carbonyl (C=O) groups is 1. The molecule has 3 aromatic carbocycles. The third-order valence-corrected chi connectivity index (χ3v) is 5.31. The average molecular weight is 392 g/mol. The summed E-state index contributed by atoms with van der Waals surface area (Å²) in [5.41, 5.74) is 4.37. The molecule has 25 heavy (non-hydrogen) atoms. The fourth-order valence-corrected chi connectivity index (χ4v) is 3.73. The normalized spacial score (nSPS) is 19.6. The number of β-lactam (4-membered cyclic amide) rings is 1. The van der Waals surface area contributed by atoms with Crippen molar-refractivity contribution >= 4 is 27.5 Å². The van der Waals surface area contributed by atoms with Crippen molar-refractivity contribution in [2.24, 2.45) is 0 Å². The Bertz CT molecular complexity index is 888. The molecule has 1 amide bonds. The molecular formula is C22H18BrNO. The quantitative estimate of drug-likeness (QED) is 0.529. The molecule has 1 aliphatic rings. The van der Waals surface area contributed by atoms with Crippen molar-refractivity contribution in [2.45, 2.75) is 18.9 Å². The van der Waals surface area contributed by atoms with Gasteiger partial charge in [-0.3, -0.25) is 4.79 Å². The van der Waals surface area contributed by atoms with Crippen LogP contribution >= 0.6 is 15.9 Å². The van der Waals surface area contributed by atoms with E-state index in [0.717, 1.165) is 21.3 Å². The predicted octanol–water partition coefficient (Wildman–Crippen LogP) is 5.63. The van der Waals surface area contributed by atoms with Crippen LogP contribution in [0.4, 0.5) is 5.69 Å². The molecule has 0 aromatic heterocycles. The van der Waals surface area contributed by atoms with Gasteiger partial charge in [-0.05, 0) is 42.3 Å². The summed E-state index contributed by atoms with van der Waals surface area (Å²) in [6.45, 7) is 2.06. The van der Waals surface area contributed by atoms with Gasteiger partial charge in [-0.1, -0.05) is 76.1 Å². The molecule has 2 atom stereocenters. The van der Waals surface area contributed by atoms with Gasteiger partial charge in [0.05, 0.1) is 12.0 Å².